The summed E-state index contributed by atoms with van der Waals surface area (Å²) in [4.78, 5) is 12.1. The first kappa shape index (κ1) is 20.9. The van der Waals surface area contributed by atoms with Crippen LogP contribution >= 0.6 is 0 Å². The van der Waals surface area contributed by atoms with Crippen LogP contribution in [0.15, 0.2) is 47.4 Å². The van der Waals surface area contributed by atoms with Gasteiger partial charge in [0.15, 0.2) is 11.6 Å². The molecule has 27 heavy (non-hydrogen) atoms. The summed E-state index contributed by atoms with van der Waals surface area (Å²) >= 11 is 0. The third kappa shape index (κ3) is 5.81. The molecule has 0 aliphatic carbocycles. The number of carbonyl (C=O) groups is 1. The lowest BCUT2D eigenvalue weighted by Gasteiger charge is -2.17. The minimum Gasteiger partial charge on any atom is -0.348 e. The molecule has 0 saturated heterocycles. The highest BCUT2D eigenvalue weighted by Gasteiger charge is 2.14. The summed E-state index contributed by atoms with van der Waals surface area (Å²) in [5, 5.41) is 10.7. The lowest BCUT2D eigenvalue weighted by Crippen LogP contribution is -2.36. The quantitative estimate of drug-likeness (QED) is 0.666. The zero-order chi connectivity index (χ0) is 20.2. The highest BCUT2D eigenvalue weighted by molar-refractivity contribution is 7.89. The number of hydrogen-bond donors (Lipinski definition) is 3. The molecule has 0 aromatic heterocycles. The van der Waals surface area contributed by atoms with Crippen LogP contribution < -0.4 is 15.8 Å². The molecule has 1 amide bonds. The van der Waals surface area contributed by atoms with Crippen LogP contribution in [-0.4, -0.2) is 20.9 Å². The summed E-state index contributed by atoms with van der Waals surface area (Å²) in [5.74, 6) is -2.17. The van der Waals surface area contributed by atoms with Crippen molar-refractivity contribution >= 4 is 15.9 Å². The molecule has 4 N–H and O–H groups in total. The van der Waals surface area contributed by atoms with Gasteiger partial charge in [-0.3, -0.25) is 4.79 Å². The third-order valence-corrected chi connectivity index (χ3v) is 5.03. The Labute approximate surface area is 156 Å². The van der Waals surface area contributed by atoms with Gasteiger partial charge in [0, 0.05) is 6.04 Å². The van der Waals surface area contributed by atoms with Crippen LogP contribution in [0, 0.1) is 11.6 Å². The van der Waals surface area contributed by atoms with Crippen LogP contribution in [0.2, 0.25) is 0 Å². The second-order valence-electron chi connectivity index (χ2n) is 6.18. The number of carbonyl (C=O) groups excluding carboxylic acids is 1. The monoisotopic (exact) mass is 397 g/mol. The van der Waals surface area contributed by atoms with E-state index in [1.807, 2.05) is 0 Å². The van der Waals surface area contributed by atoms with E-state index in [9.17, 15) is 22.0 Å². The predicted molar refractivity (Wildman–Crippen MR) is 97.1 cm³/mol. The molecule has 2 rings (SSSR count). The number of benzene rings is 2. The molecule has 9 heteroatoms. The lowest BCUT2D eigenvalue weighted by atomic mass is 10.1. The Hall–Kier alpha value is -2.36. The maximum absolute atomic E-state index is 13.3. The number of sulfonamides is 1. The Bertz CT molecular complexity index is 918. The summed E-state index contributed by atoms with van der Waals surface area (Å²) < 4.78 is 48.7. The maximum Gasteiger partial charge on any atom is 0.238 e. The molecule has 0 radical (unpaired) electrons. The molecule has 2 aromatic rings. The normalized spacial score (nSPS) is 13.8. The van der Waals surface area contributed by atoms with E-state index < -0.39 is 21.7 Å². The Morgan fingerprint density at radius 2 is 1.59 bits per heavy atom. The molecule has 0 saturated carbocycles. The third-order valence-electron chi connectivity index (χ3n) is 4.10. The molecular formula is C18H21F2N3O3S. The van der Waals surface area contributed by atoms with Gasteiger partial charge in [0.2, 0.25) is 15.9 Å². The molecular weight excluding hydrogens is 376 g/mol. The fraction of sp³-hybridized carbons (Fsp3) is 0.278. The van der Waals surface area contributed by atoms with Crippen LogP contribution in [0.25, 0.3) is 0 Å². The van der Waals surface area contributed by atoms with Crippen LogP contribution in [0.5, 0.6) is 0 Å². The van der Waals surface area contributed by atoms with Gasteiger partial charge in [-0.1, -0.05) is 18.2 Å². The van der Waals surface area contributed by atoms with Crippen molar-refractivity contribution in [2.75, 3.05) is 6.54 Å². The molecule has 0 unspecified atom stereocenters. The van der Waals surface area contributed by atoms with E-state index in [-0.39, 0.29) is 29.4 Å². The smallest absolute Gasteiger partial charge is 0.238 e. The first-order chi connectivity index (χ1) is 12.6. The van der Waals surface area contributed by atoms with Crippen molar-refractivity contribution < 1.29 is 22.0 Å². The minimum absolute atomic E-state index is 0.00759. The first-order valence-corrected chi connectivity index (χ1v) is 9.73. The Balaban J connectivity index is 1.90. The van der Waals surface area contributed by atoms with Gasteiger partial charge >= 0.3 is 0 Å². The van der Waals surface area contributed by atoms with E-state index in [1.54, 1.807) is 26.0 Å². The number of primary sulfonamides is 1. The standard InChI is InChI=1S/C18H21F2N3O3S/c1-11(14-5-8-16(19)17(20)9-14)22-10-18(24)23-12(2)13-3-6-15(7-4-13)27(21,25)26/h3-9,11-12,22H,10H2,1-2H3,(H,23,24)(H2,21,25,26)/t11-,12+/m1/s1. The maximum atomic E-state index is 13.3. The van der Waals surface area contributed by atoms with E-state index >= 15 is 0 Å². The molecule has 2 atom stereocenters. The van der Waals surface area contributed by atoms with E-state index in [2.05, 4.69) is 10.6 Å². The van der Waals surface area contributed by atoms with Gasteiger partial charge < -0.3 is 10.6 Å². The van der Waals surface area contributed by atoms with E-state index in [1.165, 1.54) is 18.2 Å². The van der Waals surface area contributed by atoms with E-state index in [4.69, 9.17) is 5.14 Å². The largest absolute Gasteiger partial charge is 0.348 e. The molecule has 0 heterocycles. The highest BCUT2D eigenvalue weighted by Crippen LogP contribution is 2.17. The molecule has 0 aliphatic rings. The predicted octanol–water partition coefficient (Wildman–Crippen LogP) is 2.14. The van der Waals surface area contributed by atoms with Gasteiger partial charge in [-0.05, 0) is 49.2 Å². The summed E-state index contributed by atoms with van der Waals surface area (Å²) in [6, 6.07) is 8.75. The fourth-order valence-electron chi connectivity index (χ4n) is 2.47. The van der Waals surface area contributed by atoms with Crippen molar-refractivity contribution in [1.29, 1.82) is 0 Å². The molecule has 0 fully saturated rings. The van der Waals surface area contributed by atoms with E-state index in [0.717, 1.165) is 12.1 Å². The summed E-state index contributed by atoms with van der Waals surface area (Å²) in [6.07, 6.45) is 0. The SMILES string of the molecule is C[C@H](NC(=O)CN[C@H](C)c1ccc(F)c(F)c1)c1ccc(S(N)(=O)=O)cc1. The lowest BCUT2D eigenvalue weighted by molar-refractivity contribution is -0.121. The van der Waals surface area contributed by atoms with Crippen LogP contribution in [0.4, 0.5) is 8.78 Å². The number of amides is 1. The number of halogens is 2. The Morgan fingerprint density at radius 1 is 1.00 bits per heavy atom. The van der Waals surface area contributed by atoms with Gasteiger partial charge in [0.1, 0.15) is 0 Å². The van der Waals surface area contributed by atoms with Crippen molar-refractivity contribution in [2.24, 2.45) is 5.14 Å². The zero-order valence-electron chi connectivity index (χ0n) is 14.9. The number of nitrogens with two attached hydrogens (primary N) is 1. The van der Waals surface area contributed by atoms with Crippen LogP contribution in [-0.2, 0) is 14.8 Å². The van der Waals surface area contributed by atoms with Gasteiger partial charge in [-0.25, -0.2) is 22.3 Å². The topological polar surface area (TPSA) is 101 Å². The summed E-state index contributed by atoms with van der Waals surface area (Å²) in [5.41, 5.74) is 1.23. The first-order valence-electron chi connectivity index (χ1n) is 8.18. The van der Waals surface area contributed by atoms with Crippen LogP contribution in [0.3, 0.4) is 0 Å². The summed E-state index contributed by atoms with van der Waals surface area (Å²) in [7, 11) is -3.77. The second kappa shape index (κ2) is 8.55. The van der Waals surface area contributed by atoms with Crippen molar-refractivity contribution in [3.8, 4) is 0 Å². The van der Waals surface area contributed by atoms with Crippen molar-refractivity contribution in [1.82, 2.24) is 10.6 Å². The average Bonchev–Trinajstić information content (AvgIpc) is 2.61. The second-order valence-corrected chi connectivity index (χ2v) is 7.74. The van der Waals surface area contributed by atoms with Gasteiger partial charge in [0.05, 0.1) is 17.5 Å². The van der Waals surface area contributed by atoms with Crippen molar-refractivity contribution in [2.45, 2.75) is 30.8 Å². The van der Waals surface area contributed by atoms with Crippen LogP contribution in [0.1, 0.15) is 37.1 Å². The van der Waals surface area contributed by atoms with E-state index in [0.29, 0.717) is 11.1 Å². The molecule has 146 valence electrons. The molecule has 6 nitrogen and oxygen atoms in total. The number of nitrogens with one attached hydrogen (secondary N) is 2. The summed E-state index contributed by atoms with van der Waals surface area (Å²) in [6.45, 7) is 3.46. The molecule has 0 aliphatic heterocycles. The van der Waals surface area contributed by atoms with Crippen molar-refractivity contribution in [3.63, 3.8) is 0 Å². The number of rotatable bonds is 7. The number of hydrogen-bond acceptors (Lipinski definition) is 4. The molecule has 0 spiro atoms. The molecule has 0 bridgehead atoms. The average molecular weight is 397 g/mol. The minimum atomic E-state index is -3.77. The van der Waals surface area contributed by atoms with Crippen molar-refractivity contribution in [3.05, 3.63) is 65.2 Å². The molecule has 2 aromatic carbocycles. The van der Waals surface area contributed by atoms with Gasteiger partial charge in [-0.2, -0.15) is 0 Å². The fourth-order valence-corrected chi connectivity index (χ4v) is 2.98. The Kier molecular flexibility index (Phi) is 6.63. The van der Waals surface area contributed by atoms with Gasteiger partial charge in [-0.15, -0.1) is 0 Å². The van der Waals surface area contributed by atoms with Gasteiger partial charge in [0.25, 0.3) is 0 Å². The zero-order valence-corrected chi connectivity index (χ0v) is 15.7. The highest BCUT2D eigenvalue weighted by atomic mass is 32.2. The Morgan fingerprint density at radius 3 is 2.15 bits per heavy atom.